The monoisotopic (exact) mass is 395 g/mol. The number of aromatic nitrogens is 6. The van der Waals surface area contributed by atoms with Gasteiger partial charge in [-0.1, -0.05) is 0 Å². The molecule has 29 heavy (non-hydrogen) atoms. The summed E-state index contributed by atoms with van der Waals surface area (Å²) >= 11 is 0. The molecule has 0 radical (unpaired) electrons. The summed E-state index contributed by atoms with van der Waals surface area (Å²) in [5.41, 5.74) is 0.0844. The molecule has 1 saturated heterocycles. The predicted octanol–water partition coefficient (Wildman–Crippen LogP) is 2.41. The highest BCUT2D eigenvalue weighted by atomic mass is 19.1. The van der Waals surface area contributed by atoms with E-state index in [4.69, 9.17) is 0 Å². The third kappa shape index (κ3) is 3.52. The van der Waals surface area contributed by atoms with Crippen molar-refractivity contribution in [1.82, 2.24) is 34.4 Å². The molecule has 0 atom stereocenters. The Morgan fingerprint density at radius 3 is 2.66 bits per heavy atom. The number of nitrogens with zero attached hydrogens (tertiary/aromatic N) is 7. The molecule has 1 saturated carbocycles. The maximum Gasteiger partial charge on any atom is 0.256 e. The average molecular weight is 395 g/mol. The first-order chi connectivity index (χ1) is 14.2. The lowest BCUT2D eigenvalue weighted by molar-refractivity contribution is 0.0705. The fraction of sp³-hybridized carbons (Fsp3) is 0.450. The number of likely N-dealkylation sites (tertiary alicyclic amines) is 1. The largest absolute Gasteiger partial charge is 0.339 e. The van der Waals surface area contributed by atoms with E-state index in [1.54, 1.807) is 11.1 Å². The van der Waals surface area contributed by atoms with Gasteiger partial charge in [0.25, 0.3) is 5.91 Å². The van der Waals surface area contributed by atoms with Crippen LogP contribution in [0.4, 0.5) is 4.39 Å². The van der Waals surface area contributed by atoms with E-state index in [2.05, 4.69) is 24.8 Å². The van der Waals surface area contributed by atoms with Gasteiger partial charge in [0.1, 0.15) is 12.4 Å². The van der Waals surface area contributed by atoms with E-state index >= 15 is 0 Å². The Kier molecular flexibility index (Phi) is 4.57. The van der Waals surface area contributed by atoms with E-state index in [0.29, 0.717) is 25.7 Å². The molecule has 0 aromatic carbocycles. The van der Waals surface area contributed by atoms with Crippen LogP contribution in [0.15, 0.2) is 36.9 Å². The van der Waals surface area contributed by atoms with Crippen LogP contribution in [0.3, 0.4) is 0 Å². The van der Waals surface area contributed by atoms with Gasteiger partial charge in [0.15, 0.2) is 11.6 Å². The lowest BCUT2D eigenvalue weighted by atomic mass is 9.95. The Morgan fingerprint density at radius 2 is 1.97 bits per heavy atom. The summed E-state index contributed by atoms with van der Waals surface area (Å²) in [5.74, 6) is 1.35. The zero-order valence-electron chi connectivity index (χ0n) is 16.0. The molecule has 150 valence electrons. The minimum atomic E-state index is -0.573. The van der Waals surface area contributed by atoms with Crippen LogP contribution >= 0.6 is 0 Å². The van der Waals surface area contributed by atoms with Crippen molar-refractivity contribution in [2.24, 2.45) is 0 Å². The first-order valence-corrected chi connectivity index (χ1v) is 10.0. The topological polar surface area (TPSA) is 81.7 Å². The van der Waals surface area contributed by atoms with E-state index in [1.807, 2.05) is 16.9 Å². The van der Waals surface area contributed by atoms with Gasteiger partial charge in [-0.2, -0.15) is 5.10 Å². The zero-order valence-corrected chi connectivity index (χ0v) is 16.0. The van der Waals surface area contributed by atoms with Gasteiger partial charge >= 0.3 is 0 Å². The molecular weight excluding hydrogens is 373 g/mol. The normalized spacial score (nSPS) is 17.6. The predicted molar refractivity (Wildman–Crippen MR) is 102 cm³/mol. The van der Waals surface area contributed by atoms with Gasteiger partial charge in [-0.15, -0.1) is 10.2 Å². The Labute approximate surface area is 167 Å². The number of halogens is 1. The lowest BCUT2D eigenvalue weighted by Gasteiger charge is -2.32. The molecule has 8 nitrogen and oxygen atoms in total. The minimum absolute atomic E-state index is 0.0844. The standard InChI is InChI=1S/C20H22FN7O/c21-17-12-22-8-4-16(17)20(29)26-10-5-14(6-11-26)19-25-24-18(28(19)15-2-3-15)13-27-9-1-7-23-27/h1,4,7-9,12,14-15H,2-3,5-6,10-11,13H2. The summed E-state index contributed by atoms with van der Waals surface area (Å²) in [5, 5.41) is 13.3. The molecule has 0 spiro atoms. The summed E-state index contributed by atoms with van der Waals surface area (Å²) in [6.45, 7) is 1.77. The molecule has 9 heteroatoms. The Morgan fingerprint density at radius 1 is 1.14 bits per heavy atom. The molecule has 0 bridgehead atoms. The summed E-state index contributed by atoms with van der Waals surface area (Å²) < 4.78 is 18.0. The number of piperidine rings is 1. The third-order valence-corrected chi connectivity index (χ3v) is 5.72. The van der Waals surface area contributed by atoms with Crippen molar-refractivity contribution in [3.63, 3.8) is 0 Å². The summed E-state index contributed by atoms with van der Waals surface area (Å²) in [4.78, 5) is 18.1. The molecule has 4 heterocycles. The van der Waals surface area contributed by atoms with E-state index in [9.17, 15) is 9.18 Å². The van der Waals surface area contributed by atoms with E-state index < -0.39 is 5.82 Å². The summed E-state index contributed by atoms with van der Waals surface area (Å²) in [6, 6.07) is 3.81. The van der Waals surface area contributed by atoms with Crippen molar-refractivity contribution in [3.8, 4) is 0 Å². The highest BCUT2D eigenvalue weighted by Gasteiger charge is 2.34. The van der Waals surface area contributed by atoms with Crippen molar-refractivity contribution in [2.45, 2.75) is 44.2 Å². The molecule has 5 rings (SSSR count). The zero-order chi connectivity index (χ0) is 19.8. The Balaban J connectivity index is 1.30. The van der Waals surface area contributed by atoms with Crippen LogP contribution in [0.25, 0.3) is 0 Å². The quantitative estimate of drug-likeness (QED) is 0.663. The van der Waals surface area contributed by atoms with Crippen LogP contribution in [0.5, 0.6) is 0 Å². The molecule has 0 unspecified atom stereocenters. The highest BCUT2D eigenvalue weighted by Crippen LogP contribution is 2.40. The number of hydrogen-bond donors (Lipinski definition) is 0. The molecule has 1 amide bonds. The van der Waals surface area contributed by atoms with E-state index in [0.717, 1.165) is 43.5 Å². The van der Waals surface area contributed by atoms with Gasteiger partial charge in [-0.3, -0.25) is 14.5 Å². The van der Waals surface area contributed by atoms with Gasteiger partial charge in [0.2, 0.25) is 0 Å². The lowest BCUT2D eigenvalue weighted by Crippen LogP contribution is -2.38. The van der Waals surface area contributed by atoms with Crippen LogP contribution in [0, 0.1) is 5.82 Å². The van der Waals surface area contributed by atoms with E-state index in [-0.39, 0.29) is 17.4 Å². The maximum atomic E-state index is 13.9. The van der Waals surface area contributed by atoms with Crippen molar-refractivity contribution in [1.29, 1.82) is 0 Å². The number of carbonyl (C=O) groups excluding carboxylic acids is 1. The SMILES string of the molecule is O=C(c1ccncc1F)N1CCC(c2nnc(Cn3cccn3)n2C2CC2)CC1. The highest BCUT2D eigenvalue weighted by molar-refractivity contribution is 5.94. The van der Waals surface area contributed by atoms with Crippen LogP contribution in [-0.4, -0.2) is 53.4 Å². The maximum absolute atomic E-state index is 13.9. The third-order valence-electron chi connectivity index (χ3n) is 5.72. The average Bonchev–Trinajstić information content (AvgIpc) is 3.29. The molecule has 3 aromatic rings. The molecule has 1 aliphatic heterocycles. The Hall–Kier alpha value is -3.10. The Bertz CT molecular complexity index is 1000. The van der Waals surface area contributed by atoms with Gasteiger partial charge in [0.05, 0.1) is 11.8 Å². The molecule has 1 aliphatic carbocycles. The smallest absolute Gasteiger partial charge is 0.256 e. The fourth-order valence-electron chi connectivity index (χ4n) is 4.05. The van der Waals surface area contributed by atoms with Gasteiger partial charge in [-0.25, -0.2) is 4.39 Å². The first-order valence-electron chi connectivity index (χ1n) is 10.0. The molecule has 3 aromatic heterocycles. The second-order valence-corrected chi connectivity index (χ2v) is 7.70. The second-order valence-electron chi connectivity index (χ2n) is 7.70. The van der Waals surface area contributed by atoms with E-state index in [1.165, 1.54) is 12.3 Å². The second kappa shape index (κ2) is 7.38. The van der Waals surface area contributed by atoms with Crippen molar-refractivity contribution >= 4 is 5.91 Å². The van der Waals surface area contributed by atoms with Crippen molar-refractivity contribution in [2.75, 3.05) is 13.1 Å². The summed E-state index contributed by atoms with van der Waals surface area (Å²) in [6.07, 6.45) is 10.1. The number of rotatable bonds is 5. The van der Waals surface area contributed by atoms with Crippen LogP contribution in [0.1, 0.15) is 59.6 Å². The van der Waals surface area contributed by atoms with Crippen LogP contribution < -0.4 is 0 Å². The first kappa shape index (κ1) is 18.0. The number of amides is 1. The van der Waals surface area contributed by atoms with Crippen LogP contribution in [0.2, 0.25) is 0 Å². The molecule has 2 fully saturated rings. The minimum Gasteiger partial charge on any atom is -0.339 e. The van der Waals surface area contributed by atoms with Gasteiger partial charge in [0, 0.05) is 43.6 Å². The molecular formula is C20H22FN7O. The van der Waals surface area contributed by atoms with Crippen molar-refractivity contribution < 1.29 is 9.18 Å². The molecule has 2 aliphatic rings. The molecule has 0 N–H and O–H groups in total. The number of carbonyl (C=O) groups is 1. The van der Waals surface area contributed by atoms with Crippen molar-refractivity contribution in [3.05, 3.63) is 59.9 Å². The van der Waals surface area contributed by atoms with Crippen LogP contribution in [-0.2, 0) is 6.54 Å². The van der Waals surface area contributed by atoms with Gasteiger partial charge in [-0.05, 0) is 37.8 Å². The number of pyridine rings is 1. The number of hydrogen-bond acceptors (Lipinski definition) is 5. The van der Waals surface area contributed by atoms with Gasteiger partial charge < -0.3 is 9.47 Å². The fourth-order valence-corrected chi connectivity index (χ4v) is 4.05. The summed E-state index contributed by atoms with van der Waals surface area (Å²) in [7, 11) is 0.